The molecule has 1 aliphatic rings. The van der Waals surface area contributed by atoms with Crippen LogP contribution in [0.1, 0.15) is 12.2 Å². The molecule has 2 aromatic rings. The first kappa shape index (κ1) is 18.3. The number of carbonyl (C=O) groups excluding carboxylic acids is 1. The first-order valence-electron chi connectivity index (χ1n) is 8.83. The molecule has 1 amide bonds. The van der Waals surface area contributed by atoms with Crippen molar-refractivity contribution in [3.8, 4) is 0 Å². The Balaban J connectivity index is 1.82. The molecular formula is C19H26N6O. The van der Waals surface area contributed by atoms with Crippen molar-refractivity contribution in [2.75, 3.05) is 43.9 Å². The average molecular weight is 354 g/mol. The molecule has 1 fully saturated rings. The van der Waals surface area contributed by atoms with Crippen LogP contribution in [0.3, 0.4) is 0 Å². The summed E-state index contributed by atoms with van der Waals surface area (Å²) in [4.78, 5) is 25.4. The molecule has 0 saturated carbocycles. The van der Waals surface area contributed by atoms with Gasteiger partial charge in [-0.25, -0.2) is 9.97 Å². The van der Waals surface area contributed by atoms with Crippen molar-refractivity contribution in [1.29, 1.82) is 0 Å². The van der Waals surface area contributed by atoms with Gasteiger partial charge in [-0.3, -0.25) is 4.79 Å². The van der Waals surface area contributed by atoms with Crippen molar-refractivity contribution in [2.45, 2.75) is 19.4 Å². The van der Waals surface area contributed by atoms with Crippen molar-refractivity contribution in [3.05, 3.63) is 36.2 Å². The van der Waals surface area contributed by atoms with Gasteiger partial charge in [-0.15, -0.1) is 0 Å². The fraction of sp³-hybridized carbons (Fsp3) is 0.421. The van der Waals surface area contributed by atoms with Gasteiger partial charge < -0.3 is 20.9 Å². The third kappa shape index (κ3) is 4.36. The van der Waals surface area contributed by atoms with Gasteiger partial charge in [-0.05, 0) is 45.6 Å². The van der Waals surface area contributed by atoms with Gasteiger partial charge in [-0.2, -0.15) is 0 Å². The second-order valence-electron chi connectivity index (χ2n) is 6.97. The van der Waals surface area contributed by atoms with E-state index in [4.69, 9.17) is 5.73 Å². The van der Waals surface area contributed by atoms with Gasteiger partial charge in [0.25, 0.3) is 0 Å². The molecule has 138 valence electrons. The first-order chi connectivity index (χ1) is 12.4. The van der Waals surface area contributed by atoms with Crippen molar-refractivity contribution < 1.29 is 4.79 Å². The van der Waals surface area contributed by atoms with E-state index in [1.54, 1.807) is 6.08 Å². The summed E-state index contributed by atoms with van der Waals surface area (Å²) in [5.74, 6) is 1.48. The van der Waals surface area contributed by atoms with Gasteiger partial charge >= 0.3 is 0 Å². The zero-order chi connectivity index (χ0) is 18.7. The Labute approximate surface area is 153 Å². The topological polar surface area (TPSA) is 87.4 Å². The first-order valence-corrected chi connectivity index (χ1v) is 8.83. The molecule has 1 saturated heterocycles. The Morgan fingerprint density at radius 2 is 2.23 bits per heavy atom. The van der Waals surface area contributed by atoms with Crippen LogP contribution in [0.4, 0.5) is 11.5 Å². The summed E-state index contributed by atoms with van der Waals surface area (Å²) in [5, 5.41) is 3.86. The SMILES string of the molecule is Cc1nc(N2CC[C@@H](N)C2)c2ccc(NC(=O)/C=C/CN(C)C)cc2n1. The number of fused-ring (bicyclic) bond motifs is 1. The number of aromatic nitrogens is 2. The van der Waals surface area contributed by atoms with E-state index in [2.05, 4.69) is 20.2 Å². The summed E-state index contributed by atoms with van der Waals surface area (Å²) in [6.07, 6.45) is 4.35. The number of rotatable bonds is 5. The van der Waals surface area contributed by atoms with E-state index in [9.17, 15) is 4.79 Å². The largest absolute Gasteiger partial charge is 0.354 e. The summed E-state index contributed by atoms with van der Waals surface area (Å²) < 4.78 is 0. The number of aryl methyl sites for hydroxylation is 1. The maximum absolute atomic E-state index is 12.0. The molecule has 1 aromatic heterocycles. The minimum atomic E-state index is -0.150. The number of benzene rings is 1. The zero-order valence-corrected chi connectivity index (χ0v) is 15.6. The number of carbonyl (C=O) groups is 1. The molecular weight excluding hydrogens is 328 g/mol. The predicted octanol–water partition coefficient (Wildman–Crippen LogP) is 1.53. The van der Waals surface area contributed by atoms with Gasteiger partial charge in [0.1, 0.15) is 11.6 Å². The van der Waals surface area contributed by atoms with E-state index in [0.29, 0.717) is 5.82 Å². The Hall–Kier alpha value is -2.51. The molecule has 0 aliphatic carbocycles. The van der Waals surface area contributed by atoms with Crippen LogP contribution >= 0.6 is 0 Å². The lowest BCUT2D eigenvalue weighted by Gasteiger charge is -2.19. The summed E-state index contributed by atoms with van der Waals surface area (Å²) >= 11 is 0. The molecule has 1 aliphatic heterocycles. The van der Waals surface area contributed by atoms with Crippen molar-refractivity contribution >= 4 is 28.3 Å². The van der Waals surface area contributed by atoms with Crippen LogP contribution in [0.25, 0.3) is 10.9 Å². The minimum Gasteiger partial charge on any atom is -0.354 e. The summed E-state index contributed by atoms with van der Waals surface area (Å²) in [6, 6.07) is 5.93. The third-order valence-electron chi connectivity index (χ3n) is 4.32. The molecule has 7 heteroatoms. The Kier molecular flexibility index (Phi) is 5.49. The molecule has 0 spiro atoms. The Morgan fingerprint density at radius 1 is 1.42 bits per heavy atom. The average Bonchev–Trinajstić information content (AvgIpc) is 2.99. The van der Waals surface area contributed by atoms with Crippen molar-refractivity contribution in [3.63, 3.8) is 0 Å². The number of amides is 1. The van der Waals surface area contributed by atoms with Crippen molar-refractivity contribution in [2.24, 2.45) is 5.73 Å². The smallest absolute Gasteiger partial charge is 0.248 e. The number of anilines is 2. The standard InChI is InChI=1S/C19H26N6O/c1-13-21-17-11-15(23-18(26)5-4-9-24(2)3)6-7-16(17)19(22-13)25-10-8-14(20)12-25/h4-7,11,14H,8-10,12,20H2,1-3H3,(H,23,26)/b5-4+/t14-/m1/s1. The van der Waals surface area contributed by atoms with Gasteiger partial charge in [-0.1, -0.05) is 6.08 Å². The molecule has 3 N–H and O–H groups in total. The number of hydrogen-bond donors (Lipinski definition) is 2. The Bertz CT molecular complexity index is 832. The van der Waals surface area contributed by atoms with E-state index >= 15 is 0 Å². The fourth-order valence-electron chi connectivity index (χ4n) is 3.08. The molecule has 1 aromatic carbocycles. The molecule has 3 rings (SSSR count). The number of hydrogen-bond acceptors (Lipinski definition) is 6. The second-order valence-corrected chi connectivity index (χ2v) is 6.97. The highest BCUT2D eigenvalue weighted by molar-refractivity contribution is 6.01. The lowest BCUT2D eigenvalue weighted by Crippen LogP contribution is -2.27. The summed E-state index contributed by atoms with van der Waals surface area (Å²) in [5.41, 5.74) is 7.58. The monoisotopic (exact) mass is 354 g/mol. The van der Waals surface area contributed by atoms with Crippen LogP contribution in [0.2, 0.25) is 0 Å². The highest BCUT2D eigenvalue weighted by atomic mass is 16.1. The van der Waals surface area contributed by atoms with Crippen molar-refractivity contribution in [1.82, 2.24) is 14.9 Å². The lowest BCUT2D eigenvalue weighted by molar-refractivity contribution is -0.111. The van der Waals surface area contributed by atoms with Gasteiger partial charge in [0.2, 0.25) is 5.91 Å². The summed E-state index contributed by atoms with van der Waals surface area (Å²) in [7, 11) is 3.91. The number of nitrogens with two attached hydrogens (primary N) is 1. The molecule has 0 radical (unpaired) electrons. The fourth-order valence-corrected chi connectivity index (χ4v) is 3.08. The summed E-state index contributed by atoms with van der Waals surface area (Å²) in [6.45, 7) is 4.32. The quantitative estimate of drug-likeness (QED) is 0.792. The molecule has 26 heavy (non-hydrogen) atoms. The zero-order valence-electron chi connectivity index (χ0n) is 15.6. The van der Waals surface area contributed by atoms with Gasteiger partial charge in [0.05, 0.1) is 5.52 Å². The second kappa shape index (κ2) is 7.80. The molecule has 0 unspecified atom stereocenters. The highest BCUT2D eigenvalue weighted by Gasteiger charge is 2.22. The number of likely N-dealkylation sites (N-methyl/N-ethyl adjacent to an activating group) is 1. The van der Waals surface area contributed by atoms with E-state index in [-0.39, 0.29) is 11.9 Å². The minimum absolute atomic E-state index is 0.150. The van der Waals surface area contributed by atoms with E-state index in [0.717, 1.165) is 48.5 Å². The van der Waals surface area contributed by atoms with E-state index < -0.39 is 0 Å². The van der Waals surface area contributed by atoms with Crippen LogP contribution in [0, 0.1) is 6.92 Å². The molecule has 1 atom stereocenters. The number of nitrogens with zero attached hydrogens (tertiary/aromatic N) is 4. The Morgan fingerprint density at radius 3 is 2.92 bits per heavy atom. The normalized spacial score (nSPS) is 17.6. The maximum atomic E-state index is 12.0. The van der Waals surface area contributed by atoms with Crippen LogP contribution in [-0.4, -0.2) is 60.5 Å². The number of nitrogens with one attached hydrogen (secondary N) is 1. The van der Waals surface area contributed by atoms with E-state index in [1.165, 1.54) is 0 Å². The van der Waals surface area contributed by atoms with Crippen LogP contribution in [0.5, 0.6) is 0 Å². The van der Waals surface area contributed by atoms with Crippen LogP contribution < -0.4 is 16.0 Å². The predicted molar refractivity (Wildman–Crippen MR) is 105 cm³/mol. The van der Waals surface area contributed by atoms with Crippen LogP contribution in [-0.2, 0) is 4.79 Å². The molecule has 2 heterocycles. The maximum Gasteiger partial charge on any atom is 0.248 e. The van der Waals surface area contributed by atoms with Gasteiger partial charge in [0, 0.05) is 42.8 Å². The third-order valence-corrected chi connectivity index (χ3v) is 4.32. The highest BCUT2D eigenvalue weighted by Crippen LogP contribution is 2.28. The molecule has 7 nitrogen and oxygen atoms in total. The van der Waals surface area contributed by atoms with E-state index in [1.807, 2.05) is 50.2 Å². The van der Waals surface area contributed by atoms with Crippen LogP contribution in [0.15, 0.2) is 30.4 Å². The van der Waals surface area contributed by atoms with Gasteiger partial charge in [0.15, 0.2) is 0 Å². The lowest BCUT2D eigenvalue weighted by atomic mass is 10.2. The molecule has 0 bridgehead atoms.